The maximum Gasteiger partial charge on any atom is 0.243 e. The van der Waals surface area contributed by atoms with E-state index in [4.69, 9.17) is 8.83 Å². The Morgan fingerprint density at radius 1 is 0.344 bits per heavy atom. The van der Waals surface area contributed by atoms with Crippen molar-refractivity contribution in [2.45, 2.75) is 41.5 Å². The molecule has 0 fully saturated rings. The molecule has 0 radical (unpaired) electrons. The molecule has 0 aliphatic carbocycles. The summed E-state index contributed by atoms with van der Waals surface area (Å²) in [7, 11) is 0. The van der Waals surface area contributed by atoms with Crippen LogP contribution in [-0.2, 0) is 0 Å². The first-order valence-electron chi connectivity index (χ1n) is 21.4. The highest BCUT2D eigenvalue weighted by Gasteiger charge is 2.32. The normalized spacial score (nSPS) is 12.1. The molecule has 0 amide bonds. The van der Waals surface area contributed by atoms with Crippen molar-refractivity contribution >= 4 is 99.3 Å². The number of hydrogen-bond acceptors (Lipinski definition) is 2. The van der Waals surface area contributed by atoms with Gasteiger partial charge in [0.15, 0.2) is 0 Å². The lowest BCUT2D eigenvalue weighted by molar-refractivity contribution is 0.669. The van der Waals surface area contributed by atoms with E-state index >= 15 is 0 Å². The van der Waals surface area contributed by atoms with E-state index in [1.807, 2.05) is 6.07 Å². The summed E-state index contributed by atoms with van der Waals surface area (Å²) < 4.78 is 13.5. The summed E-state index contributed by atoms with van der Waals surface area (Å²) in [6.07, 6.45) is 0. The summed E-state index contributed by atoms with van der Waals surface area (Å²) in [5.41, 5.74) is 20.1. The molecule has 0 atom stereocenters. The number of furan rings is 2. The third-order valence-corrected chi connectivity index (χ3v) is 13.6. The zero-order valence-corrected chi connectivity index (χ0v) is 35.3. The molecule has 0 saturated carbocycles. The summed E-state index contributed by atoms with van der Waals surface area (Å²) in [6.45, 7) is 13.6. The molecule has 12 aromatic rings. The van der Waals surface area contributed by atoms with E-state index in [2.05, 4.69) is 187 Å². The third kappa shape index (κ3) is 5.23. The van der Waals surface area contributed by atoms with Gasteiger partial charge in [-0.2, -0.15) is 0 Å². The molecule has 12 rings (SSSR count). The van der Waals surface area contributed by atoms with E-state index in [1.165, 1.54) is 93.2 Å². The fraction of sp³-hybridized carbons (Fsp3) is 0.103. The molecule has 2 aromatic heterocycles. The lowest BCUT2D eigenvalue weighted by Crippen LogP contribution is -2.56. The van der Waals surface area contributed by atoms with Gasteiger partial charge in [-0.1, -0.05) is 189 Å². The van der Waals surface area contributed by atoms with Gasteiger partial charge < -0.3 is 8.83 Å². The molecule has 0 bridgehead atoms. The van der Waals surface area contributed by atoms with E-state index in [0.29, 0.717) is 0 Å². The predicted molar refractivity (Wildman–Crippen MR) is 262 cm³/mol. The van der Waals surface area contributed by atoms with Crippen molar-refractivity contribution in [1.29, 1.82) is 0 Å². The van der Waals surface area contributed by atoms with Crippen molar-refractivity contribution < 1.29 is 8.83 Å². The van der Waals surface area contributed by atoms with Gasteiger partial charge in [-0.25, -0.2) is 0 Å². The average Bonchev–Trinajstić information content (AvgIpc) is 3.83. The second-order valence-electron chi connectivity index (χ2n) is 17.5. The largest absolute Gasteiger partial charge is 0.455 e. The molecule has 10 aromatic carbocycles. The summed E-state index contributed by atoms with van der Waals surface area (Å²) in [4.78, 5) is 0. The van der Waals surface area contributed by atoms with Crippen LogP contribution in [0.2, 0.25) is 0 Å². The molecule has 2 heterocycles. The van der Waals surface area contributed by atoms with Gasteiger partial charge in [0, 0.05) is 32.7 Å². The number of aryl methyl sites for hydroxylation is 6. The van der Waals surface area contributed by atoms with Crippen LogP contribution in [0.4, 0.5) is 0 Å². The Hall–Kier alpha value is -7.10. The Morgan fingerprint density at radius 2 is 0.803 bits per heavy atom. The summed E-state index contributed by atoms with van der Waals surface area (Å²) in [5, 5.41) is 12.0. The van der Waals surface area contributed by atoms with Gasteiger partial charge in [0.1, 0.15) is 22.3 Å². The van der Waals surface area contributed by atoms with Crippen molar-refractivity contribution in [3.05, 3.63) is 185 Å². The molecule has 0 aliphatic rings. The van der Waals surface area contributed by atoms with E-state index in [9.17, 15) is 0 Å². The van der Waals surface area contributed by atoms with Crippen LogP contribution in [-0.4, -0.2) is 6.71 Å². The van der Waals surface area contributed by atoms with Crippen LogP contribution in [0.1, 0.15) is 33.4 Å². The lowest BCUT2D eigenvalue weighted by Gasteiger charge is -2.27. The van der Waals surface area contributed by atoms with Crippen LogP contribution in [0.5, 0.6) is 0 Å². The van der Waals surface area contributed by atoms with E-state index in [0.717, 1.165) is 55.0 Å². The molecule has 2 nitrogen and oxygen atoms in total. The molecule has 0 spiro atoms. The Kier molecular flexibility index (Phi) is 7.75. The van der Waals surface area contributed by atoms with Crippen LogP contribution in [0.15, 0.2) is 160 Å². The van der Waals surface area contributed by atoms with Crippen LogP contribution >= 0.6 is 0 Å². The van der Waals surface area contributed by atoms with Gasteiger partial charge >= 0.3 is 0 Å². The average molecular weight is 783 g/mol. The SMILES string of the molecule is Cc1cc(C)c(B(c2c(C)cc(C)cc2C)c2cc(-c3cccc4c3oc3ccccc34)c3ccc4ccc(-c5cccc6c5oc5ccccc56)c5ccc2c3c45)c(C)c1. The number of para-hydroxylation sites is 4. The molecule has 0 saturated heterocycles. The first-order valence-corrected chi connectivity index (χ1v) is 21.4. The van der Waals surface area contributed by atoms with Crippen molar-refractivity contribution in [3.63, 3.8) is 0 Å². The van der Waals surface area contributed by atoms with Crippen molar-refractivity contribution in [2.75, 3.05) is 0 Å². The van der Waals surface area contributed by atoms with E-state index in [-0.39, 0.29) is 6.71 Å². The van der Waals surface area contributed by atoms with Gasteiger partial charge in [-0.15, -0.1) is 0 Å². The number of benzene rings is 10. The zero-order valence-electron chi connectivity index (χ0n) is 35.3. The number of fused-ring (bicyclic) bond motifs is 6. The molecule has 290 valence electrons. The minimum atomic E-state index is -0.0249. The van der Waals surface area contributed by atoms with E-state index in [1.54, 1.807) is 0 Å². The Labute approximate surface area is 355 Å². The fourth-order valence-corrected chi connectivity index (χ4v) is 11.3. The molecule has 3 heteroatoms. The smallest absolute Gasteiger partial charge is 0.243 e. The minimum Gasteiger partial charge on any atom is -0.455 e. The van der Waals surface area contributed by atoms with Gasteiger partial charge in [-0.05, 0) is 97.1 Å². The minimum absolute atomic E-state index is 0.0249. The van der Waals surface area contributed by atoms with Crippen molar-refractivity contribution in [1.82, 2.24) is 0 Å². The molecular weight excluding hydrogens is 739 g/mol. The fourth-order valence-electron chi connectivity index (χ4n) is 11.3. The topological polar surface area (TPSA) is 26.3 Å². The molecule has 61 heavy (non-hydrogen) atoms. The third-order valence-electron chi connectivity index (χ3n) is 13.6. The second-order valence-corrected chi connectivity index (χ2v) is 17.5. The van der Waals surface area contributed by atoms with E-state index < -0.39 is 0 Å². The Bertz CT molecular complexity index is 3680. The van der Waals surface area contributed by atoms with Crippen molar-refractivity contribution in [3.8, 4) is 22.3 Å². The maximum absolute atomic E-state index is 6.83. The Morgan fingerprint density at radius 3 is 1.38 bits per heavy atom. The van der Waals surface area contributed by atoms with Gasteiger partial charge in [0.25, 0.3) is 0 Å². The predicted octanol–water partition coefficient (Wildman–Crippen LogP) is 14.1. The second kappa shape index (κ2) is 13.2. The Balaban J connectivity index is 1.25. The van der Waals surface area contributed by atoms with Crippen LogP contribution in [0, 0.1) is 41.5 Å². The summed E-state index contributed by atoms with van der Waals surface area (Å²) in [5.74, 6) is 0. The van der Waals surface area contributed by atoms with Crippen LogP contribution in [0.3, 0.4) is 0 Å². The van der Waals surface area contributed by atoms with Crippen LogP contribution in [0.25, 0.3) is 98.4 Å². The van der Waals surface area contributed by atoms with Crippen molar-refractivity contribution in [2.24, 2.45) is 0 Å². The number of hydrogen-bond donors (Lipinski definition) is 0. The maximum atomic E-state index is 6.83. The van der Waals surface area contributed by atoms with Crippen LogP contribution < -0.4 is 16.4 Å². The highest BCUT2D eigenvalue weighted by Crippen LogP contribution is 2.46. The first kappa shape index (κ1) is 35.8. The molecule has 0 N–H and O–H groups in total. The first-order chi connectivity index (χ1) is 29.7. The highest BCUT2D eigenvalue weighted by atomic mass is 16.3. The monoisotopic (exact) mass is 782 g/mol. The zero-order chi connectivity index (χ0) is 41.3. The number of rotatable bonds is 5. The highest BCUT2D eigenvalue weighted by molar-refractivity contribution is 6.98. The van der Waals surface area contributed by atoms with Gasteiger partial charge in [0.05, 0.1) is 0 Å². The quantitative estimate of drug-likeness (QED) is 0.128. The van der Waals surface area contributed by atoms with Gasteiger partial charge in [-0.3, -0.25) is 0 Å². The summed E-state index contributed by atoms with van der Waals surface area (Å²) in [6, 6.07) is 56.1. The summed E-state index contributed by atoms with van der Waals surface area (Å²) >= 11 is 0. The lowest BCUT2D eigenvalue weighted by atomic mass is 9.33. The molecular formula is C58H43BO2. The molecule has 0 aliphatic heterocycles. The standard InChI is InChI=1S/C58H43BO2/c1-32-27-34(3)55(35(4)28-32)59(56-36(5)29-33(2)30-37(56)6)50-31-49(47-18-12-17-46-41-14-8-10-20-52(41)61-58(46)47)43-24-22-38-21-23-39(42-25-26-48(50)54(43)53(38)42)44-15-11-16-45-40-13-7-9-19-51(40)60-57(44)45/h7-31H,1-6H3. The molecule has 0 unspecified atom stereocenters. The van der Waals surface area contributed by atoms with Gasteiger partial charge in [0.2, 0.25) is 6.71 Å².